The maximum atomic E-state index is 15.7. The molecule has 0 spiro atoms. The molecule has 0 aliphatic carbocycles. The smallest absolute Gasteiger partial charge is 0.320 e. The summed E-state index contributed by atoms with van der Waals surface area (Å²) in [5, 5.41) is 12.5. The van der Waals surface area contributed by atoms with Crippen LogP contribution in [0.4, 0.5) is 15.0 Å². The third-order valence-electron chi connectivity index (χ3n) is 9.57. The molecule has 51 heavy (non-hydrogen) atoms. The van der Waals surface area contributed by atoms with Gasteiger partial charge >= 0.3 is 17.8 Å². The van der Waals surface area contributed by atoms with Crippen molar-refractivity contribution in [1.82, 2.24) is 40.0 Å². The number of hydrogen-bond donors (Lipinski definition) is 1. The van der Waals surface area contributed by atoms with Crippen LogP contribution in [0.5, 0.6) is 5.75 Å². The Hall–Kier alpha value is -5.53. The molecular weight excluding hydrogens is 653 g/mol. The lowest BCUT2D eigenvalue weighted by atomic mass is 9.96. The molecule has 2 fully saturated rings. The summed E-state index contributed by atoms with van der Waals surface area (Å²) in [5.41, 5.74) is 3.05. The van der Waals surface area contributed by atoms with Gasteiger partial charge < -0.3 is 29.3 Å². The van der Waals surface area contributed by atoms with Crippen molar-refractivity contribution >= 4 is 28.8 Å². The van der Waals surface area contributed by atoms with Gasteiger partial charge in [0, 0.05) is 56.9 Å². The SMILES string of the molecule is COc1ccc(Cn2nc(N3CC[C@@H](N4CCCN(C)C4=O)C3)c3c(-c4ccc(CNC(=O)c5nc(C(C)(C)C)no5)c(F)c4)ccnc32)cc1. The Morgan fingerprint density at radius 1 is 1.10 bits per heavy atom. The van der Waals surface area contributed by atoms with Crippen LogP contribution in [0.25, 0.3) is 22.2 Å². The van der Waals surface area contributed by atoms with E-state index in [1.165, 1.54) is 6.07 Å². The molecule has 0 bridgehead atoms. The van der Waals surface area contributed by atoms with E-state index in [0.29, 0.717) is 42.2 Å². The zero-order chi connectivity index (χ0) is 35.9. The average Bonchev–Trinajstić information content (AvgIpc) is 3.89. The minimum Gasteiger partial charge on any atom is -0.497 e. The van der Waals surface area contributed by atoms with E-state index in [9.17, 15) is 9.59 Å². The van der Waals surface area contributed by atoms with Crippen molar-refractivity contribution in [3.05, 3.63) is 83.4 Å². The molecule has 5 aromatic rings. The number of aromatic nitrogens is 5. The molecule has 13 nitrogen and oxygen atoms in total. The van der Waals surface area contributed by atoms with E-state index in [0.717, 1.165) is 54.0 Å². The lowest BCUT2D eigenvalue weighted by molar-refractivity contribution is 0.0906. The number of methoxy groups -OCH3 is 1. The number of fused-ring (bicyclic) bond motifs is 1. The Labute approximate surface area is 295 Å². The number of halogens is 1. The lowest BCUT2D eigenvalue weighted by Gasteiger charge is -2.37. The molecule has 3 amide bonds. The van der Waals surface area contributed by atoms with Crippen LogP contribution < -0.4 is 15.0 Å². The Morgan fingerprint density at radius 2 is 1.90 bits per heavy atom. The number of urea groups is 1. The highest BCUT2D eigenvalue weighted by Crippen LogP contribution is 2.37. The maximum absolute atomic E-state index is 15.7. The molecular formula is C37H42FN9O4. The molecule has 2 aliphatic rings. The van der Waals surface area contributed by atoms with Crippen molar-refractivity contribution in [2.75, 3.05) is 45.2 Å². The van der Waals surface area contributed by atoms with Gasteiger partial charge in [-0.1, -0.05) is 50.2 Å². The summed E-state index contributed by atoms with van der Waals surface area (Å²) in [6.07, 6.45) is 3.47. The first-order chi connectivity index (χ1) is 24.5. The number of benzene rings is 2. The fourth-order valence-corrected chi connectivity index (χ4v) is 6.70. The highest BCUT2D eigenvalue weighted by atomic mass is 19.1. The van der Waals surface area contributed by atoms with Crippen LogP contribution in [0.15, 0.2) is 59.3 Å². The minimum atomic E-state index is -0.576. The zero-order valence-corrected chi connectivity index (χ0v) is 29.5. The van der Waals surface area contributed by atoms with Crippen LogP contribution in [0.1, 0.15) is 61.2 Å². The molecule has 0 radical (unpaired) electrons. The second-order valence-electron chi connectivity index (χ2n) is 14.2. The Balaban J connectivity index is 1.19. The normalized spacial score (nSPS) is 16.7. The first kappa shape index (κ1) is 33.9. The van der Waals surface area contributed by atoms with E-state index >= 15 is 4.39 Å². The van der Waals surface area contributed by atoms with Crippen LogP contribution in [-0.2, 0) is 18.5 Å². The van der Waals surface area contributed by atoms with Gasteiger partial charge in [0.2, 0.25) is 0 Å². The number of anilines is 1. The molecule has 0 unspecified atom stereocenters. The topological polar surface area (TPSA) is 135 Å². The summed E-state index contributed by atoms with van der Waals surface area (Å²) in [5.74, 6) is 0.702. The molecule has 3 aromatic heterocycles. The number of pyridine rings is 1. The summed E-state index contributed by atoms with van der Waals surface area (Å²) >= 11 is 0. The Bertz CT molecular complexity index is 2070. The number of carbonyl (C=O) groups is 2. The number of rotatable bonds is 9. The molecule has 2 aromatic carbocycles. The van der Waals surface area contributed by atoms with Crippen LogP contribution in [0.2, 0.25) is 0 Å². The molecule has 14 heteroatoms. The number of nitrogens with zero attached hydrogens (tertiary/aromatic N) is 8. The average molecular weight is 696 g/mol. The molecule has 2 aliphatic heterocycles. The maximum Gasteiger partial charge on any atom is 0.320 e. The second-order valence-corrected chi connectivity index (χ2v) is 14.2. The van der Waals surface area contributed by atoms with Crippen LogP contribution in [0.3, 0.4) is 0 Å². The number of hydrogen-bond acceptors (Lipinski definition) is 9. The van der Waals surface area contributed by atoms with Gasteiger partial charge in [-0.25, -0.2) is 18.9 Å². The molecule has 266 valence electrons. The summed E-state index contributed by atoms with van der Waals surface area (Å²) in [6.45, 7) is 9.00. The summed E-state index contributed by atoms with van der Waals surface area (Å²) in [6, 6.07) is 14.8. The minimum absolute atomic E-state index is 0.0568. The highest BCUT2D eigenvalue weighted by Gasteiger charge is 2.36. The number of amides is 3. The Kier molecular flexibility index (Phi) is 9.08. The molecule has 7 rings (SSSR count). The van der Waals surface area contributed by atoms with Crippen molar-refractivity contribution in [1.29, 1.82) is 0 Å². The Morgan fingerprint density at radius 3 is 2.63 bits per heavy atom. The van der Waals surface area contributed by atoms with E-state index in [2.05, 4.69) is 20.4 Å². The third kappa shape index (κ3) is 6.82. The van der Waals surface area contributed by atoms with Crippen molar-refractivity contribution in [2.24, 2.45) is 0 Å². The standard InChI is InChI=1S/C37H42FN9O4/c1-37(2,3)35-41-34(51-43-35)33(48)40-20-25-10-9-24(19-29(25)38)28-13-15-39-31-30(28)32(42-47(31)21-23-7-11-27(50-5)12-8-23)45-18-14-26(22-45)46-17-6-16-44(4)36(46)49/h7-13,15,19,26H,6,14,16-18,20-22H2,1-5H3,(H,40,48)/t26-/m1/s1. The van der Waals surface area contributed by atoms with Crippen molar-refractivity contribution < 1.29 is 23.2 Å². The van der Waals surface area contributed by atoms with Gasteiger partial charge in [-0.05, 0) is 53.8 Å². The van der Waals surface area contributed by atoms with Gasteiger partial charge in [-0.2, -0.15) is 10.1 Å². The summed E-state index contributed by atoms with van der Waals surface area (Å²) < 4.78 is 28.1. The van der Waals surface area contributed by atoms with Gasteiger partial charge in [0.15, 0.2) is 17.3 Å². The van der Waals surface area contributed by atoms with E-state index in [4.69, 9.17) is 19.3 Å². The van der Waals surface area contributed by atoms with E-state index in [1.54, 1.807) is 24.3 Å². The van der Waals surface area contributed by atoms with Crippen LogP contribution >= 0.6 is 0 Å². The van der Waals surface area contributed by atoms with E-state index in [-0.39, 0.29) is 29.9 Å². The van der Waals surface area contributed by atoms with Gasteiger partial charge in [-0.3, -0.25) is 4.79 Å². The fraction of sp³-hybridized carbons (Fsp3) is 0.405. The van der Waals surface area contributed by atoms with Gasteiger partial charge in [0.25, 0.3) is 0 Å². The quantitative estimate of drug-likeness (QED) is 0.220. The van der Waals surface area contributed by atoms with Crippen molar-refractivity contribution in [3.63, 3.8) is 0 Å². The predicted octanol–water partition coefficient (Wildman–Crippen LogP) is 5.24. The number of carbonyl (C=O) groups excluding carboxylic acids is 2. The largest absolute Gasteiger partial charge is 0.497 e. The van der Waals surface area contributed by atoms with Crippen molar-refractivity contribution in [3.8, 4) is 16.9 Å². The molecule has 0 saturated carbocycles. The first-order valence-electron chi connectivity index (χ1n) is 17.2. The van der Waals surface area contributed by atoms with Crippen LogP contribution in [-0.4, -0.2) is 93.0 Å². The van der Waals surface area contributed by atoms with Crippen LogP contribution in [0, 0.1) is 5.82 Å². The van der Waals surface area contributed by atoms with Gasteiger partial charge in [0.1, 0.15) is 11.6 Å². The zero-order valence-electron chi connectivity index (χ0n) is 29.5. The highest BCUT2D eigenvalue weighted by molar-refractivity contribution is 6.01. The number of ether oxygens (including phenoxy) is 1. The monoisotopic (exact) mass is 695 g/mol. The third-order valence-corrected chi connectivity index (χ3v) is 9.57. The molecule has 1 N–H and O–H groups in total. The lowest BCUT2D eigenvalue weighted by Crippen LogP contribution is -2.52. The number of nitrogens with one attached hydrogen (secondary N) is 1. The molecule has 1 atom stereocenters. The van der Waals surface area contributed by atoms with Gasteiger partial charge in [-0.15, -0.1) is 0 Å². The first-order valence-corrected chi connectivity index (χ1v) is 17.2. The molecule has 5 heterocycles. The summed E-state index contributed by atoms with van der Waals surface area (Å²) in [7, 11) is 3.48. The molecule has 2 saturated heterocycles. The summed E-state index contributed by atoms with van der Waals surface area (Å²) in [4.78, 5) is 40.7. The fourth-order valence-electron chi connectivity index (χ4n) is 6.70. The van der Waals surface area contributed by atoms with E-state index < -0.39 is 11.7 Å². The predicted molar refractivity (Wildman–Crippen MR) is 189 cm³/mol. The van der Waals surface area contributed by atoms with E-state index in [1.807, 2.05) is 73.8 Å². The van der Waals surface area contributed by atoms with Gasteiger partial charge in [0.05, 0.1) is 25.1 Å². The second kappa shape index (κ2) is 13.6. The van der Waals surface area contributed by atoms with Crippen molar-refractivity contribution in [2.45, 2.75) is 58.2 Å².